The Balaban J connectivity index is 4.40. The topological polar surface area (TPSA) is 73.9 Å². The summed E-state index contributed by atoms with van der Waals surface area (Å²) >= 11 is 0. The van der Waals surface area contributed by atoms with E-state index in [0.717, 1.165) is 0 Å². The first-order valence-electron chi connectivity index (χ1n) is 6.32. The number of nitrogens with one attached hydrogen (secondary N) is 1. The summed E-state index contributed by atoms with van der Waals surface area (Å²) in [6.07, 6.45) is -0.630. The highest BCUT2D eigenvalue weighted by Gasteiger charge is 2.27. The summed E-state index contributed by atoms with van der Waals surface area (Å²) in [5, 5.41) is 2.52. The van der Waals surface area contributed by atoms with Gasteiger partial charge >= 0.3 is 12.1 Å². The Morgan fingerprint density at radius 3 is 2.16 bits per heavy atom. The lowest BCUT2D eigenvalue weighted by molar-refractivity contribution is -0.148. The number of amides is 1. The number of hydrogen-bond donors (Lipinski definition) is 1. The summed E-state index contributed by atoms with van der Waals surface area (Å²) < 4.78 is 14.9. The summed E-state index contributed by atoms with van der Waals surface area (Å²) in [6, 6.07) is -0.730. The Labute approximate surface area is 114 Å². The van der Waals surface area contributed by atoms with Crippen molar-refractivity contribution in [3.05, 3.63) is 0 Å². The molecule has 0 fully saturated rings. The molecule has 0 saturated carbocycles. The van der Waals surface area contributed by atoms with Gasteiger partial charge in [-0.25, -0.2) is 9.59 Å². The first-order valence-corrected chi connectivity index (χ1v) is 6.32. The molecule has 0 rings (SSSR count). The number of hydrogen-bond acceptors (Lipinski definition) is 5. The van der Waals surface area contributed by atoms with Gasteiger partial charge < -0.3 is 19.5 Å². The van der Waals surface area contributed by atoms with Crippen molar-refractivity contribution in [2.75, 3.05) is 20.3 Å². The van der Waals surface area contributed by atoms with Crippen molar-refractivity contribution in [3.8, 4) is 0 Å². The molecule has 1 atom stereocenters. The molecule has 1 amide bonds. The molecule has 6 nitrogen and oxygen atoms in total. The number of alkyl carbamates (subject to hydrolysis) is 1. The predicted octanol–water partition coefficient (Wildman–Crippen LogP) is 1.73. The average Bonchev–Trinajstić information content (AvgIpc) is 2.23. The van der Waals surface area contributed by atoms with Gasteiger partial charge in [-0.2, -0.15) is 0 Å². The monoisotopic (exact) mass is 275 g/mol. The fraction of sp³-hybridized carbons (Fsp3) is 0.846. The van der Waals surface area contributed by atoms with Crippen molar-refractivity contribution in [2.45, 2.75) is 46.3 Å². The van der Waals surface area contributed by atoms with E-state index in [1.54, 1.807) is 20.8 Å². The van der Waals surface area contributed by atoms with E-state index in [9.17, 15) is 9.59 Å². The zero-order valence-corrected chi connectivity index (χ0v) is 12.6. The van der Waals surface area contributed by atoms with Crippen LogP contribution in [0.1, 0.15) is 34.6 Å². The SMILES string of the molecule is COCCOC(=O)C(NC(=O)OC(C)(C)C)C(C)C. The third-order valence-electron chi connectivity index (χ3n) is 2.12. The van der Waals surface area contributed by atoms with Gasteiger partial charge in [0.15, 0.2) is 0 Å². The molecule has 0 spiro atoms. The highest BCUT2D eigenvalue weighted by Crippen LogP contribution is 2.09. The molecule has 0 heterocycles. The molecule has 0 aromatic carbocycles. The zero-order chi connectivity index (χ0) is 15.1. The van der Waals surface area contributed by atoms with Crippen LogP contribution in [0.5, 0.6) is 0 Å². The fourth-order valence-electron chi connectivity index (χ4n) is 1.25. The molecule has 1 unspecified atom stereocenters. The summed E-state index contributed by atoms with van der Waals surface area (Å²) in [5.74, 6) is -0.583. The van der Waals surface area contributed by atoms with Crippen molar-refractivity contribution in [1.29, 1.82) is 0 Å². The number of carbonyl (C=O) groups is 2. The van der Waals surface area contributed by atoms with E-state index in [1.165, 1.54) is 7.11 Å². The Kier molecular flexibility index (Phi) is 7.44. The van der Waals surface area contributed by atoms with Crippen molar-refractivity contribution in [3.63, 3.8) is 0 Å². The van der Waals surface area contributed by atoms with Gasteiger partial charge in [0.05, 0.1) is 6.61 Å². The second kappa shape index (κ2) is 7.99. The van der Waals surface area contributed by atoms with Gasteiger partial charge in [0, 0.05) is 7.11 Å². The molecule has 112 valence electrons. The molecule has 0 aliphatic carbocycles. The maximum atomic E-state index is 11.8. The van der Waals surface area contributed by atoms with Crippen LogP contribution >= 0.6 is 0 Å². The van der Waals surface area contributed by atoms with Crippen LogP contribution in [-0.4, -0.2) is 44.0 Å². The van der Waals surface area contributed by atoms with Gasteiger partial charge in [0.2, 0.25) is 0 Å². The van der Waals surface area contributed by atoms with Crippen LogP contribution in [0, 0.1) is 5.92 Å². The summed E-state index contributed by atoms with van der Waals surface area (Å²) in [6.45, 7) is 9.40. The van der Waals surface area contributed by atoms with E-state index < -0.39 is 23.7 Å². The highest BCUT2D eigenvalue weighted by atomic mass is 16.6. The third-order valence-corrected chi connectivity index (χ3v) is 2.12. The normalized spacial score (nSPS) is 13.0. The van der Waals surface area contributed by atoms with Gasteiger partial charge in [-0.15, -0.1) is 0 Å². The van der Waals surface area contributed by atoms with Crippen molar-refractivity contribution in [1.82, 2.24) is 5.32 Å². The molecule has 0 aliphatic rings. The Bertz CT molecular complexity index is 296. The fourth-order valence-corrected chi connectivity index (χ4v) is 1.25. The second-order valence-electron chi connectivity index (χ2n) is 5.53. The van der Waals surface area contributed by atoms with Crippen LogP contribution in [0.4, 0.5) is 4.79 Å². The third kappa shape index (κ3) is 8.42. The molecular weight excluding hydrogens is 250 g/mol. The van der Waals surface area contributed by atoms with E-state index in [-0.39, 0.29) is 12.5 Å². The molecule has 6 heteroatoms. The summed E-state index contributed by atoms with van der Waals surface area (Å²) in [7, 11) is 1.52. The molecule has 0 saturated heterocycles. The zero-order valence-electron chi connectivity index (χ0n) is 12.6. The van der Waals surface area contributed by atoms with Gasteiger partial charge in [0.1, 0.15) is 18.2 Å². The summed E-state index contributed by atoms with van der Waals surface area (Å²) in [5.41, 5.74) is -0.606. The predicted molar refractivity (Wildman–Crippen MR) is 70.8 cm³/mol. The maximum Gasteiger partial charge on any atom is 0.408 e. The molecule has 0 bridgehead atoms. The van der Waals surface area contributed by atoms with Crippen LogP contribution in [0.25, 0.3) is 0 Å². The number of methoxy groups -OCH3 is 1. The van der Waals surface area contributed by atoms with Crippen LogP contribution in [0.2, 0.25) is 0 Å². The molecular formula is C13H25NO5. The molecule has 0 radical (unpaired) electrons. The van der Waals surface area contributed by atoms with Crippen LogP contribution in [0.3, 0.4) is 0 Å². The highest BCUT2D eigenvalue weighted by molar-refractivity contribution is 5.81. The Morgan fingerprint density at radius 1 is 1.16 bits per heavy atom. The lowest BCUT2D eigenvalue weighted by Gasteiger charge is -2.24. The smallest absolute Gasteiger partial charge is 0.408 e. The minimum Gasteiger partial charge on any atom is -0.462 e. The summed E-state index contributed by atoms with van der Waals surface area (Å²) in [4.78, 5) is 23.5. The molecule has 0 aliphatic heterocycles. The molecule has 0 aromatic heterocycles. The lowest BCUT2D eigenvalue weighted by Crippen LogP contribution is -2.47. The molecule has 0 aromatic rings. The van der Waals surface area contributed by atoms with E-state index in [2.05, 4.69) is 5.32 Å². The van der Waals surface area contributed by atoms with Crippen LogP contribution in [-0.2, 0) is 19.0 Å². The Hall–Kier alpha value is -1.30. The number of ether oxygens (including phenoxy) is 3. The lowest BCUT2D eigenvalue weighted by atomic mass is 10.1. The minimum atomic E-state index is -0.730. The van der Waals surface area contributed by atoms with Crippen molar-refractivity contribution < 1.29 is 23.8 Å². The first kappa shape index (κ1) is 17.7. The van der Waals surface area contributed by atoms with E-state index in [4.69, 9.17) is 14.2 Å². The van der Waals surface area contributed by atoms with E-state index in [1.807, 2.05) is 13.8 Å². The van der Waals surface area contributed by atoms with E-state index in [0.29, 0.717) is 6.61 Å². The number of esters is 1. The van der Waals surface area contributed by atoms with Gasteiger partial charge in [-0.1, -0.05) is 13.8 Å². The standard InChI is InChI=1S/C13H25NO5/c1-9(2)10(11(15)18-8-7-17-6)14-12(16)19-13(3,4)5/h9-10H,7-8H2,1-6H3,(H,14,16). The van der Waals surface area contributed by atoms with Crippen LogP contribution in [0.15, 0.2) is 0 Å². The quantitative estimate of drug-likeness (QED) is 0.590. The Morgan fingerprint density at radius 2 is 1.74 bits per heavy atom. The largest absolute Gasteiger partial charge is 0.462 e. The van der Waals surface area contributed by atoms with Gasteiger partial charge in [0.25, 0.3) is 0 Å². The van der Waals surface area contributed by atoms with Gasteiger partial charge in [-0.05, 0) is 26.7 Å². The average molecular weight is 275 g/mol. The molecule has 19 heavy (non-hydrogen) atoms. The van der Waals surface area contributed by atoms with E-state index >= 15 is 0 Å². The molecule has 1 N–H and O–H groups in total. The first-order chi connectivity index (χ1) is 8.67. The minimum absolute atomic E-state index is 0.0948. The van der Waals surface area contributed by atoms with Gasteiger partial charge in [-0.3, -0.25) is 0 Å². The van der Waals surface area contributed by atoms with Crippen molar-refractivity contribution >= 4 is 12.1 Å². The van der Waals surface area contributed by atoms with Crippen LogP contribution < -0.4 is 5.32 Å². The number of rotatable bonds is 6. The second-order valence-corrected chi connectivity index (χ2v) is 5.53. The van der Waals surface area contributed by atoms with Crippen molar-refractivity contribution in [2.24, 2.45) is 5.92 Å². The number of carbonyl (C=O) groups excluding carboxylic acids is 2. The maximum absolute atomic E-state index is 11.8.